The molecule has 0 amide bonds. The minimum absolute atomic E-state index is 0. The SMILES string of the molecule is CC(C)(C)c1cc(-c2cc(-c3ccccc3)ccn2)[c-]c(-c2cccc3c2nc(-c2cc(C(C)(C)C)cc(C(C)(C)C)c2O)n3-c2ccc(-c3ccc(-c4nc([Si](C)(C)C)nc([Si](C)(C)C)n4)cc3)cc2C(C)(C)C)c1.[Pt]. The van der Waals surface area contributed by atoms with Crippen LogP contribution in [0.3, 0.4) is 0 Å². The predicted octanol–water partition coefficient (Wildman–Crippen LogP) is 16.4. The molecule has 10 heteroatoms. The Balaban J connectivity index is 0.00000784. The minimum Gasteiger partial charge on any atom is -0.507 e. The third-order valence-corrected chi connectivity index (χ3v) is 17.5. The van der Waals surface area contributed by atoms with Crippen LogP contribution in [0.15, 0.2) is 134 Å². The number of nitrogens with zero attached hydrogens (tertiary/aromatic N) is 6. The quantitative estimate of drug-likeness (QED) is 0.114. The molecule has 7 nitrogen and oxygen atoms in total. The van der Waals surface area contributed by atoms with E-state index in [-0.39, 0.29) is 48.5 Å². The van der Waals surface area contributed by atoms with E-state index < -0.39 is 16.1 Å². The molecule has 1 N–H and O–H groups in total. The third kappa shape index (κ3) is 11.8. The number of benzene rings is 6. The van der Waals surface area contributed by atoms with Gasteiger partial charge in [0, 0.05) is 44.1 Å². The van der Waals surface area contributed by atoms with Crippen molar-refractivity contribution in [1.82, 2.24) is 29.5 Å². The van der Waals surface area contributed by atoms with Crippen LogP contribution in [0.5, 0.6) is 5.75 Å². The topological polar surface area (TPSA) is 89.6 Å². The second-order valence-corrected chi connectivity index (χ2v) is 36.9. The van der Waals surface area contributed by atoms with Crippen molar-refractivity contribution < 1.29 is 26.2 Å². The predicted molar refractivity (Wildman–Crippen MR) is 326 cm³/mol. The number of imidazole rings is 1. The van der Waals surface area contributed by atoms with Crippen molar-refractivity contribution in [2.45, 2.75) is 144 Å². The fraction of sp³-hybridized carbons (Fsp3) is 0.328. The molecule has 77 heavy (non-hydrogen) atoms. The first-order chi connectivity index (χ1) is 35.4. The van der Waals surface area contributed by atoms with Gasteiger partial charge in [-0.25, -0.2) is 19.9 Å². The molecule has 0 spiro atoms. The molecule has 0 radical (unpaired) electrons. The average molecular weight is 1230 g/mol. The molecule has 6 aromatic carbocycles. The summed E-state index contributed by atoms with van der Waals surface area (Å²) in [6.45, 7) is 40.6. The summed E-state index contributed by atoms with van der Waals surface area (Å²) in [4.78, 5) is 25.9. The maximum absolute atomic E-state index is 12.7. The minimum atomic E-state index is -1.81. The number of hydrogen-bond donors (Lipinski definition) is 1. The van der Waals surface area contributed by atoms with Crippen LogP contribution in [0.4, 0.5) is 0 Å². The van der Waals surface area contributed by atoms with Gasteiger partial charge in [-0.3, -0.25) is 9.55 Å². The van der Waals surface area contributed by atoms with E-state index in [1.165, 1.54) is 5.56 Å². The number of phenols is 1. The number of pyridine rings is 1. The van der Waals surface area contributed by atoms with E-state index in [1.54, 1.807) is 0 Å². The zero-order valence-corrected chi connectivity index (χ0v) is 52.9. The molecule has 0 saturated heterocycles. The zero-order chi connectivity index (χ0) is 55.1. The fourth-order valence-electron chi connectivity index (χ4n) is 9.72. The summed E-state index contributed by atoms with van der Waals surface area (Å²) < 4.78 is 2.30. The van der Waals surface area contributed by atoms with Gasteiger partial charge >= 0.3 is 0 Å². The summed E-state index contributed by atoms with van der Waals surface area (Å²) in [5, 5.41) is 12.7. The van der Waals surface area contributed by atoms with Crippen molar-refractivity contribution in [1.29, 1.82) is 0 Å². The number of para-hydroxylation sites is 1. The van der Waals surface area contributed by atoms with Gasteiger partial charge in [0.25, 0.3) is 0 Å². The van der Waals surface area contributed by atoms with Crippen molar-refractivity contribution in [3.05, 3.63) is 162 Å². The monoisotopic (exact) mass is 1230 g/mol. The summed E-state index contributed by atoms with van der Waals surface area (Å²) in [6.07, 6.45) is 1.89. The van der Waals surface area contributed by atoms with Gasteiger partial charge in [-0.1, -0.05) is 218 Å². The Morgan fingerprint density at radius 2 is 1.01 bits per heavy atom. The van der Waals surface area contributed by atoms with Gasteiger partial charge in [0.1, 0.15) is 38.6 Å². The number of aromatic hydroxyl groups is 1. The standard InChI is InChI=1S/C67H77N6OSi2.Pt/c1-64(2,3)49-36-47(35-48(37-49)55-39-46(33-34-68-55)42-23-20-19-21-24-42)51-25-22-26-57-58(51)69-61(52-40-50(65(4,5)6)41-54(59(52)74)67(10,11)12)73(57)56-32-31-45(38-53(56)66(7,8)9)43-27-29-44(30-28-43)60-70-62(75(13,14)15)72-63(71-60)76(16,17)18;/h19-34,36-41,74H,1-18H3;/q-1;. The van der Waals surface area contributed by atoms with E-state index in [4.69, 9.17) is 24.9 Å². The van der Waals surface area contributed by atoms with E-state index >= 15 is 0 Å². The van der Waals surface area contributed by atoms with Crippen LogP contribution in [0, 0.1) is 6.07 Å². The fourth-order valence-corrected chi connectivity index (χ4v) is 11.6. The molecular weight excluding hydrogens is 1160 g/mol. The summed E-state index contributed by atoms with van der Waals surface area (Å²) in [6, 6.07) is 49.4. The van der Waals surface area contributed by atoms with Crippen molar-refractivity contribution in [2.24, 2.45) is 0 Å². The van der Waals surface area contributed by atoms with Gasteiger partial charge < -0.3 is 5.11 Å². The average Bonchev–Trinajstić information content (AvgIpc) is 3.83. The second-order valence-electron chi connectivity index (χ2n) is 27.0. The first-order valence-corrected chi connectivity index (χ1v) is 33.9. The number of hydrogen-bond acceptors (Lipinski definition) is 6. The Bertz CT molecular complexity index is 3620. The number of fused-ring (bicyclic) bond motifs is 1. The number of aromatic nitrogens is 6. The first-order valence-electron chi connectivity index (χ1n) is 26.9. The summed E-state index contributed by atoms with van der Waals surface area (Å²) in [5.41, 5.74) is 17.7. The van der Waals surface area contributed by atoms with Crippen molar-refractivity contribution in [2.75, 3.05) is 0 Å². The van der Waals surface area contributed by atoms with Crippen LogP contribution >= 0.6 is 0 Å². The van der Waals surface area contributed by atoms with Crippen LogP contribution in [-0.4, -0.2) is 50.7 Å². The first kappa shape index (κ1) is 57.1. The molecule has 0 saturated carbocycles. The third-order valence-electron chi connectivity index (χ3n) is 14.4. The molecule has 3 aromatic heterocycles. The number of phenolic OH excluding ortho intramolecular Hbond substituents is 1. The van der Waals surface area contributed by atoms with Crippen LogP contribution in [0.2, 0.25) is 39.3 Å². The molecular formula is C67H77N6OPtSi2-. The van der Waals surface area contributed by atoms with Crippen LogP contribution < -0.4 is 10.9 Å². The van der Waals surface area contributed by atoms with Crippen LogP contribution in [0.25, 0.3) is 84.1 Å². The Morgan fingerprint density at radius 1 is 0.468 bits per heavy atom. The summed E-state index contributed by atoms with van der Waals surface area (Å²) in [5.74, 6) is 1.67. The van der Waals surface area contributed by atoms with Gasteiger partial charge in [0.05, 0.1) is 22.3 Å². The molecule has 0 fully saturated rings. The smallest absolute Gasteiger partial charge is 0.162 e. The van der Waals surface area contributed by atoms with Gasteiger partial charge in [-0.2, -0.15) is 0 Å². The molecule has 400 valence electrons. The van der Waals surface area contributed by atoms with Crippen molar-refractivity contribution in [3.8, 4) is 78.9 Å². The molecule has 0 aliphatic rings. The molecule has 0 bridgehead atoms. The van der Waals surface area contributed by atoms with Crippen molar-refractivity contribution >= 4 is 38.1 Å². The maximum atomic E-state index is 12.7. The molecule has 3 heterocycles. The Kier molecular flexibility index (Phi) is 15.3. The molecule has 9 aromatic rings. The van der Waals surface area contributed by atoms with Gasteiger partial charge in [-0.15, -0.1) is 29.3 Å². The Labute approximate surface area is 475 Å². The molecule has 0 atom stereocenters. The van der Waals surface area contributed by atoms with Crippen LogP contribution in [-0.2, 0) is 42.7 Å². The molecule has 0 aliphatic carbocycles. The van der Waals surface area contributed by atoms with Gasteiger partial charge in [0.2, 0.25) is 0 Å². The molecule has 0 unspecified atom stereocenters. The van der Waals surface area contributed by atoms with E-state index in [9.17, 15) is 5.11 Å². The Morgan fingerprint density at radius 3 is 1.60 bits per heavy atom. The van der Waals surface area contributed by atoms with E-state index in [0.717, 1.165) is 100 Å². The summed E-state index contributed by atoms with van der Waals surface area (Å²) in [7, 11) is -3.63. The zero-order valence-electron chi connectivity index (χ0n) is 48.6. The van der Waals surface area contributed by atoms with Crippen molar-refractivity contribution in [3.63, 3.8) is 0 Å². The normalized spacial score (nSPS) is 12.8. The van der Waals surface area contributed by atoms with E-state index in [2.05, 4.69) is 254 Å². The Hall–Kier alpha value is -6.13. The number of rotatable bonds is 9. The maximum Gasteiger partial charge on any atom is 0.162 e. The van der Waals surface area contributed by atoms with E-state index in [0.29, 0.717) is 11.4 Å². The van der Waals surface area contributed by atoms with Gasteiger partial charge in [0.15, 0.2) is 5.82 Å². The molecule has 0 aliphatic heterocycles. The van der Waals surface area contributed by atoms with E-state index in [1.807, 2.05) is 12.3 Å². The second kappa shape index (κ2) is 20.6. The van der Waals surface area contributed by atoms with Gasteiger partial charge in [-0.05, 0) is 85.4 Å². The van der Waals surface area contributed by atoms with Crippen LogP contribution in [0.1, 0.15) is 105 Å². The largest absolute Gasteiger partial charge is 0.507 e. The molecule has 9 rings (SSSR count). The summed E-state index contributed by atoms with van der Waals surface area (Å²) >= 11 is 0.